The first kappa shape index (κ1) is 44.1. The van der Waals surface area contributed by atoms with Crippen LogP contribution in [0.25, 0.3) is 44.2 Å². The summed E-state index contributed by atoms with van der Waals surface area (Å²) in [4.78, 5) is 73.3. The Morgan fingerprint density at radius 3 is 2.42 bits per heavy atom. The zero-order valence-corrected chi connectivity index (χ0v) is 38.1. The summed E-state index contributed by atoms with van der Waals surface area (Å²) in [5.41, 5.74) is 8.34. The van der Waals surface area contributed by atoms with E-state index in [9.17, 15) is 19.2 Å². The molecular formula is C51H56N8O7. The largest absolute Gasteiger partial charge is 0.488 e. The summed E-state index contributed by atoms with van der Waals surface area (Å²) in [5, 5.41) is 7.44. The van der Waals surface area contributed by atoms with Gasteiger partial charge in [-0.05, 0) is 96.0 Å². The lowest BCUT2D eigenvalue weighted by atomic mass is 9.87. The number of rotatable bonds is 13. The van der Waals surface area contributed by atoms with Gasteiger partial charge in [-0.15, -0.1) is 0 Å². The molecule has 5 atom stereocenters. The summed E-state index contributed by atoms with van der Waals surface area (Å²) < 4.78 is 16.2. The van der Waals surface area contributed by atoms with Gasteiger partial charge in [0.2, 0.25) is 5.91 Å². The number of H-pyrrole nitrogens is 2. The van der Waals surface area contributed by atoms with E-state index in [4.69, 9.17) is 24.2 Å². The number of hydrogen-bond acceptors (Lipinski definition) is 9. The number of ether oxygens (including phenoxy) is 3. The maximum absolute atomic E-state index is 14.4. The van der Waals surface area contributed by atoms with Crippen molar-refractivity contribution in [3.8, 4) is 28.1 Å². The number of nitrogens with zero attached hydrogens (tertiary/aromatic N) is 4. The van der Waals surface area contributed by atoms with Crippen molar-refractivity contribution >= 4 is 45.8 Å². The van der Waals surface area contributed by atoms with Crippen LogP contribution >= 0.6 is 0 Å². The maximum Gasteiger partial charge on any atom is 0.407 e. The minimum atomic E-state index is -0.918. The molecule has 0 saturated carbocycles. The van der Waals surface area contributed by atoms with Gasteiger partial charge in [0, 0.05) is 30.0 Å². The first-order valence-electron chi connectivity index (χ1n) is 22.8. The maximum atomic E-state index is 14.4. The van der Waals surface area contributed by atoms with Crippen molar-refractivity contribution in [3.05, 3.63) is 113 Å². The number of aromatic amines is 2. The molecule has 342 valence electrons. The molecule has 0 spiro atoms. The van der Waals surface area contributed by atoms with Crippen LogP contribution in [0.2, 0.25) is 0 Å². The van der Waals surface area contributed by atoms with Crippen molar-refractivity contribution in [1.82, 2.24) is 40.4 Å². The quantitative estimate of drug-likeness (QED) is 0.0822. The average Bonchev–Trinajstić information content (AvgIpc) is 4.11. The van der Waals surface area contributed by atoms with Gasteiger partial charge in [0.25, 0.3) is 5.91 Å². The molecule has 1 saturated heterocycles. The van der Waals surface area contributed by atoms with Crippen LogP contribution in [0.3, 0.4) is 0 Å². The molecule has 1 fully saturated rings. The van der Waals surface area contributed by atoms with Crippen LogP contribution in [0.5, 0.6) is 5.75 Å². The van der Waals surface area contributed by atoms with E-state index in [1.807, 2.05) is 62.9 Å². The fourth-order valence-corrected chi connectivity index (χ4v) is 9.49. The Morgan fingerprint density at radius 2 is 1.71 bits per heavy atom. The van der Waals surface area contributed by atoms with Crippen LogP contribution in [0.15, 0.2) is 85.1 Å². The molecule has 4 amide bonds. The highest BCUT2D eigenvalue weighted by Crippen LogP contribution is 2.43. The number of fused-ring (bicyclic) bond motifs is 6. The average molecular weight is 893 g/mol. The third-order valence-electron chi connectivity index (χ3n) is 13.3. The van der Waals surface area contributed by atoms with E-state index in [2.05, 4.69) is 69.2 Å². The summed E-state index contributed by atoms with van der Waals surface area (Å²) in [6.45, 7) is 9.12. The molecule has 0 radical (unpaired) electrons. The Hall–Kier alpha value is -7.16. The second kappa shape index (κ2) is 18.4. The number of allylic oxidation sites excluding steroid dienone is 2. The summed E-state index contributed by atoms with van der Waals surface area (Å²) in [6, 6.07) is 20.1. The van der Waals surface area contributed by atoms with Crippen molar-refractivity contribution in [1.29, 1.82) is 0 Å². The Kier molecular flexibility index (Phi) is 12.3. The lowest BCUT2D eigenvalue weighted by molar-refractivity contribution is -0.137. The van der Waals surface area contributed by atoms with Gasteiger partial charge in [0.1, 0.15) is 36.1 Å². The van der Waals surface area contributed by atoms with E-state index in [0.29, 0.717) is 42.8 Å². The van der Waals surface area contributed by atoms with Gasteiger partial charge < -0.3 is 44.6 Å². The number of amides is 4. The second-order valence-corrected chi connectivity index (χ2v) is 17.8. The van der Waals surface area contributed by atoms with Gasteiger partial charge >= 0.3 is 12.2 Å². The summed E-state index contributed by atoms with van der Waals surface area (Å²) >= 11 is 0. The number of aromatic nitrogens is 4. The second-order valence-electron chi connectivity index (χ2n) is 17.8. The molecule has 0 bridgehead atoms. The zero-order valence-electron chi connectivity index (χ0n) is 38.1. The number of likely N-dealkylation sites (tertiary alicyclic amines) is 1. The predicted octanol–water partition coefficient (Wildman–Crippen LogP) is 9.15. The van der Waals surface area contributed by atoms with Gasteiger partial charge in [-0.3, -0.25) is 9.59 Å². The first-order chi connectivity index (χ1) is 32.0. The number of nitrogens with one attached hydrogen (secondary N) is 4. The Morgan fingerprint density at radius 1 is 0.939 bits per heavy atom. The van der Waals surface area contributed by atoms with Crippen molar-refractivity contribution in [2.75, 3.05) is 27.3 Å². The molecule has 6 aromatic rings. The van der Waals surface area contributed by atoms with Gasteiger partial charge in [-0.25, -0.2) is 19.6 Å². The van der Waals surface area contributed by atoms with Crippen LogP contribution in [0.4, 0.5) is 9.59 Å². The number of benzene rings is 4. The van der Waals surface area contributed by atoms with E-state index in [1.54, 1.807) is 11.1 Å². The summed E-state index contributed by atoms with van der Waals surface area (Å²) in [6.07, 6.45) is 8.03. The highest BCUT2D eigenvalue weighted by atomic mass is 16.5. The SMILES string of the molecule is CCCN(C(=O)C(NC(=O)OC)C(C)C)C(C)c1ncc(-c2ccc3c(c2)COc2cc4c(ccc5[nH]c(C6CCCN6C(=O)C(NC(=O)OC)c6ccc(C7C=CC7)cc6)nc54)cc2-3)[nH]1. The number of methoxy groups -OCH3 is 2. The van der Waals surface area contributed by atoms with E-state index in [0.717, 1.165) is 81.2 Å². The Labute approximate surface area is 383 Å². The molecule has 4 heterocycles. The highest BCUT2D eigenvalue weighted by molar-refractivity contribution is 6.07. The molecule has 2 aliphatic heterocycles. The lowest BCUT2D eigenvalue weighted by Gasteiger charge is -2.33. The van der Waals surface area contributed by atoms with Crippen molar-refractivity contribution in [2.24, 2.45) is 5.92 Å². The highest BCUT2D eigenvalue weighted by Gasteiger charge is 2.38. The fourth-order valence-electron chi connectivity index (χ4n) is 9.49. The lowest BCUT2D eigenvalue weighted by Crippen LogP contribution is -2.52. The van der Waals surface area contributed by atoms with Crippen LogP contribution < -0.4 is 15.4 Å². The Bertz CT molecular complexity index is 2850. The molecule has 15 heteroatoms. The molecule has 66 heavy (non-hydrogen) atoms. The molecule has 2 aromatic heterocycles. The van der Waals surface area contributed by atoms with Gasteiger partial charge in [0.15, 0.2) is 0 Å². The van der Waals surface area contributed by atoms with Crippen molar-refractivity contribution < 1.29 is 33.4 Å². The zero-order chi connectivity index (χ0) is 46.2. The molecule has 15 nitrogen and oxygen atoms in total. The van der Waals surface area contributed by atoms with Gasteiger partial charge in [-0.2, -0.15) is 0 Å². The van der Waals surface area contributed by atoms with Crippen LogP contribution in [-0.2, 0) is 25.7 Å². The van der Waals surface area contributed by atoms with Crippen molar-refractivity contribution in [2.45, 2.75) is 90.1 Å². The van der Waals surface area contributed by atoms with Crippen LogP contribution in [0, 0.1) is 5.92 Å². The number of carbonyl (C=O) groups excluding carboxylic acids is 4. The Balaban J connectivity index is 0.951. The topological polar surface area (TPSA) is 184 Å². The minimum Gasteiger partial charge on any atom is -0.488 e. The fraction of sp³-hybridized carbons (Fsp3) is 0.373. The third kappa shape index (κ3) is 8.33. The number of alkyl carbamates (subject to hydrolysis) is 2. The van der Waals surface area contributed by atoms with Crippen molar-refractivity contribution in [3.63, 3.8) is 0 Å². The first-order valence-corrected chi connectivity index (χ1v) is 22.8. The number of imidazole rings is 2. The molecule has 9 rings (SSSR count). The van der Waals surface area contributed by atoms with Crippen LogP contribution in [-0.4, -0.2) is 87.1 Å². The molecule has 1 aliphatic carbocycles. The number of carbonyl (C=O) groups is 4. The van der Waals surface area contributed by atoms with E-state index in [1.165, 1.54) is 19.8 Å². The predicted molar refractivity (Wildman–Crippen MR) is 250 cm³/mol. The molecular weight excluding hydrogens is 837 g/mol. The normalized spacial score (nSPS) is 17.6. The summed E-state index contributed by atoms with van der Waals surface area (Å²) in [5.74, 6) is 1.91. The van der Waals surface area contributed by atoms with Crippen LogP contribution in [0.1, 0.15) is 106 Å². The monoisotopic (exact) mass is 892 g/mol. The van der Waals surface area contributed by atoms with E-state index < -0.39 is 24.3 Å². The molecule has 5 unspecified atom stereocenters. The smallest absolute Gasteiger partial charge is 0.407 e. The van der Waals surface area contributed by atoms with Gasteiger partial charge in [0.05, 0.1) is 49.2 Å². The standard InChI is InChI=1S/C51H56N8O7/c1-7-21-58(48(60)43(28(2)3)56-50(62)64-5)29(4)46-52-26-40(54-46)34-17-19-36-35(23-34)27-66-42-25-37-33(24-38(36)42)18-20-39-45(37)55-47(53-39)41-12-9-22-59(41)49(61)44(57-51(63)65-6)32-15-13-31(14-16-32)30-10-8-11-30/h8,10,13-20,23-26,28-30,41,43-44H,7,9,11-12,21-22,27H2,1-6H3,(H,52,54)(H,53,55)(H,56,62)(H,57,63). The molecule has 4 N–H and O–H groups in total. The molecule has 4 aromatic carbocycles. The summed E-state index contributed by atoms with van der Waals surface area (Å²) in [7, 11) is 2.58. The number of hydrogen-bond donors (Lipinski definition) is 4. The van der Waals surface area contributed by atoms with E-state index >= 15 is 0 Å². The van der Waals surface area contributed by atoms with E-state index in [-0.39, 0.29) is 29.8 Å². The minimum absolute atomic E-state index is 0.148. The van der Waals surface area contributed by atoms with Gasteiger partial charge in [-0.1, -0.05) is 75.4 Å². The third-order valence-corrected chi connectivity index (χ3v) is 13.3. The molecule has 3 aliphatic rings.